The number of fused-ring (bicyclic) bond motifs is 8. The van der Waals surface area contributed by atoms with Gasteiger partial charge in [-0.05, 0) is 73.5 Å². The summed E-state index contributed by atoms with van der Waals surface area (Å²) in [5.41, 5.74) is 8.78. The smallest absolute Gasteiger partial charge is 0.164 e. The Kier molecular flexibility index (Phi) is 7.10. The van der Waals surface area contributed by atoms with Gasteiger partial charge in [0.25, 0.3) is 0 Å². The third-order valence-corrected chi connectivity index (χ3v) is 10.6. The molecular weight excluding hydrogens is 673 g/mol. The lowest BCUT2D eigenvalue weighted by atomic mass is 9.90. The van der Waals surface area contributed by atoms with Crippen LogP contribution in [0.5, 0.6) is 0 Å². The van der Waals surface area contributed by atoms with Crippen molar-refractivity contribution >= 4 is 54.3 Å². The van der Waals surface area contributed by atoms with Crippen LogP contribution in [0.4, 0.5) is 0 Å². The number of hydrogen-bond donors (Lipinski definition) is 0. The molecule has 0 spiro atoms. The van der Waals surface area contributed by atoms with E-state index >= 15 is 0 Å². The maximum absolute atomic E-state index is 6.28. The molecule has 0 fully saturated rings. The van der Waals surface area contributed by atoms with E-state index in [0.717, 1.165) is 60.7 Å². The first-order valence-corrected chi connectivity index (χ1v) is 18.4. The first-order chi connectivity index (χ1) is 27.3. The van der Waals surface area contributed by atoms with E-state index < -0.39 is 0 Å². The zero-order valence-corrected chi connectivity index (χ0v) is 29.5. The molecule has 0 saturated carbocycles. The third kappa shape index (κ3) is 5.17. The summed E-state index contributed by atoms with van der Waals surface area (Å²) in [6.45, 7) is 0. The fraction of sp³-hybridized carbons (Fsp3) is 0. The highest BCUT2D eigenvalue weighted by molar-refractivity contribution is 6.23. The summed E-state index contributed by atoms with van der Waals surface area (Å²) in [5.74, 6) is 1.79. The van der Waals surface area contributed by atoms with Gasteiger partial charge in [-0.3, -0.25) is 4.98 Å². The molecule has 3 aromatic heterocycles. The molecule has 5 nitrogen and oxygen atoms in total. The highest BCUT2D eigenvalue weighted by Gasteiger charge is 2.20. The minimum absolute atomic E-state index is 0.588. The van der Waals surface area contributed by atoms with Crippen molar-refractivity contribution in [2.45, 2.75) is 0 Å². The van der Waals surface area contributed by atoms with Crippen molar-refractivity contribution < 1.29 is 4.42 Å². The van der Waals surface area contributed by atoms with E-state index in [1.165, 1.54) is 32.5 Å². The molecule has 0 unspecified atom stereocenters. The average molecular weight is 703 g/mol. The summed E-state index contributed by atoms with van der Waals surface area (Å²) in [6, 6.07) is 58.9. The van der Waals surface area contributed by atoms with Crippen LogP contribution in [0.1, 0.15) is 0 Å². The topological polar surface area (TPSA) is 64.7 Å². The van der Waals surface area contributed by atoms with Crippen molar-refractivity contribution in [2.24, 2.45) is 0 Å². The minimum atomic E-state index is 0.588. The maximum Gasteiger partial charge on any atom is 0.164 e. The van der Waals surface area contributed by atoms with Crippen LogP contribution < -0.4 is 0 Å². The molecule has 0 atom stereocenters. The molecule has 0 bridgehead atoms. The lowest BCUT2D eigenvalue weighted by Crippen LogP contribution is -2.01. The molecule has 5 heteroatoms. The van der Waals surface area contributed by atoms with Gasteiger partial charge in [0.15, 0.2) is 17.5 Å². The predicted molar refractivity (Wildman–Crippen MR) is 225 cm³/mol. The van der Waals surface area contributed by atoms with Crippen LogP contribution in [0.15, 0.2) is 187 Å². The van der Waals surface area contributed by atoms with Crippen molar-refractivity contribution in [1.82, 2.24) is 19.9 Å². The van der Waals surface area contributed by atoms with Crippen LogP contribution in [0.3, 0.4) is 0 Å². The fourth-order valence-corrected chi connectivity index (χ4v) is 8.05. The van der Waals surface area contributed by atoms with Crippen LogP contribution in [-0.2, 0) is 0 Å². The Hall–Kier alpha value is -7.50. The first-order valence-electron chi connectivity index (χ1n) is 18.4. The largest absolute Gasteiger partial charge is 0.456 e. The summed E-state index contributed by atoms with van der Waals surface area (Å²) >= 11 is 0. The Balaban J connectivity index is 1.11. The van der Waals surface area contributed by atoms with Crippen LogP contribution in [0.2, 0.25) is 0 Å². The number of para-hydroxylation sites is 1. The molecule has 11 aromatic rings. The van der Waals surface area contributed by atoms with E-state index in [1.54, 1.807) is 0 Å². The second-order valence-electron chi connectivity index (χ2n) is 13.8. The molecule has 0 N–H and O–H groups in total. The van der Waals surface area contributed by atoms with E-state index in [0.29, 0.717) is 17.5 Å². The van der Waals surface area contributed by atoms with Gasteiger partial charge in [-0.15, -0.1) is 0 Å². The Morgan fingerprint density at radius 3 is 1.87 bits per heavy atom. The number of aromatic nitrogens is 4. The Morgan fingerprint density at radius 1 is 0.345 bits per heavy atom. The summed E-state index contributed by atoms with van der Waals surface area (Å²) in [5, 5.41) is 9.15. The molecule has 11 rings (SSSR count). The molecule has 0 amide bonds. The fourth-order valence-electron chi connectivity index (χ4n) is 8.05. The first kappa shape index (κ1) is 31.1. The maximum atomic E-state index is 6.28. The van der Waals surface area contributed by atoms with Crippen molar-refractivity contribution in [1.29, 1.82) is 0 Å². The standard InChI is InChI=1S/C50H30N4O/c1-2-11-31(12-3-1)36-14-6-7-16-39(36)49-52-48(53-50(54-49)41-18-10-20-45-47(41)40-17-8-9-19-44(40)55-45)34-23-21-32(22-24-34)42-29-35-13-4-5-15-37(35)46-38(42)26-25-33-27-28-51-30-43(33)46/h1-30H. The molecule has 0 aliphatic carbocycles. The van der Waals surface area contributed by atoms with Crippen molar-refractivity contribution in [2.75, 3.05) is 0 Å². The lowest BCUT2D eigenvalue weighted by Gasteiger charge is -2.14. The van der Waals surface area contributed by atoms with Gasteiger partial charge in [0.05, 0.1) is 0 Å². The minimum Gasteiger partial charge on any atom is -0.456 e. The summed E-state index contributed by atoms with van der Waals surface area (Å²) in [6.07, 6.45) is 3.84. The van der Waals surface area contributed by atoms with E-state index in [2.05, 4.69) is 132 Å². The van der Waals surface area contributed by atoms with Crippen molar-refractivity contribution in [3.63, 3.8) is 0 Å². The van der Waals surface area contributed by atoms with Crippen LogP contribution >= 0.6 is 0 Å². The lowest BCUT2D eigenvalue weighted by molar-refractivity contribution is 0.669. The monoisotopic (exact) mass is 702 g/mol. The molecule has 0 saturated heterocycles. The highest BCUT2D eigenvalue weighted by atomic mass is 16.3. The number of hydrogen-bond acceptors (Lipinski definition) is 5. The second-order valence-corrected chi connectivity index (χ2v) is 13.8. The number of furan rings is 1. The van der Waals surface area contributed by atoms with Gasteiger partial charge < -0.3 is 4.42 Å². The molecule has 0 radical (unpaired) electrons. The van der Waals surface area contributed by atoms with Gasteiger partial charge in [0.1, 0.15) is 11.2 Å². The van der Waals surface area contributed by atoms with Gasteiger partial charge in [0.2, 0.25) is 0 Å². The Labute approximate surface area is 316 Å². The van der Waals surface area contributed by atoms with Gasteiger partial charge in [-0.25, -0.2) is 15.0 Å². The van der Waals surface area contributed by atoms with Gasteiger partial charge in [0, 0.05) is 45.2 Å². The van der Waals surface area contributed by atoms with Crippen LogP contribution in [0, 0.1) is 0 Å². The van der Waals surface area contributed by atoms with Crippen LogP contribution in [-0.4, -0.2) is 19.9 Å². The van der Waals surface area contributed by atoms with Gasteiger partial charge in [-0.2, -0.15) is 0 Å². The SMILES string of the molecule is c1ccc(-c2ccccc2-c2nc(-c3ccc(-c4cc5ccccc5c5c4ccc4ccncc45)cc3)nc(-c3cccc4oc5ccccc5c34)n2)cc1. The summed E-state index contributed by atoms with van der Waals surface area (Å²) in [4.78, 5) is 20.1. The van der Waals surface area contributed by atoms with Gasteiger partial charge in [-0.1, -0.05) is 146 Å². The molecule has 0 aliphatic rings. The molecular formula is C50H30N4O. The zero-order valence-electron chi connectivity index (χ0n) is 29.5. The normalized spacial score (nSPS) is 11.6. The average Bonchev–Trinajstić information content (AvgIpc) is 3.65. The van der Waals surface area contributed by atoms with Crippen molar-refractivity contribution in [3.05, 3.63) is 182 Å². The van der Waals surface area contributed by atoms with Gasteiger partial charge >= 0.3 is 0 Å². The number of nitrogens with zero attached hydrogens (tertiary/aromatic N) is 4. The van der Waals surface area contributed by atoms with Crippen molar-refractivity contribution in [3.8, 4) is 56.4 Å². The Bertz CT molecular complexity index is 3240. The van der Waals surface area contributed by atoms with E-state index in [9.17, 15) is 0 Å². The van der Waals surface area contributed by atoms with E-state index in [-0.39, 0.29) is 0 Å². The number of benzene rings is 8. The van der Waals surface area contributed by atoms with E-state index in [1.807, 2.05) is 54.9 Å². The number of rotatable bonds is 5. The summed E-state index contributed by atoms with van der Waals surface area (Å²) < 4.78 is 6.28. The van der Waals surface area contributed by atoms with Crippen LogP contribution in [0.25, 0.3) is 111 Å². The quantitative estimate of drug-likeness (QED) is 0.167. The molecule has 0 aliphatic heterocycles. The summed E-state index contributed by atoms with van der Waals surface area (Å²) in [7, 11) is 0. The molecule has 8 aromatic carbocycles. The van der Waals surface area contributed by atoms with E-state index in [4.69, 9.17) is 19.4 Å². The molecule has 55 heavy (non-hydrogen) atoms. The third-order valence-electron chi connectivity index (χ3n) is 10.6. The predicted octanol–water partition coefficient (Wildman–Crippen LogP) is 13.0. The molecule has 3 heterocycles. The second kappa shape index (κ2) is 12.6. The molecule has 256 valence electrons. The highest BCUT2D eigenvalue weighted by Crippen LogP contribution is 2.41. The Morgan fingerprint density at radius 2 is 1.00 bits per heavy atom. The zero-order chi connectivity index (χ0) is 36.3. The number of pyridine rings is 1.